The molecule has 152 valence electrons. The number of piperidine rings is 2. The first kappa shape index (κ1) is 19.0. The molecule has 2 aromatic rings. The van der Waals surface area contributed by atoms with Crippen molar-refractivity contribution < 1.29 is 4.39 Å². The molecule has 0 unspecified atom stereocenters. The third-order valence-electron chi connectivity index (χ3n) is 7.56. The second-order valence-corrected chi connectivity index (χ2v) is 9.31. The van der Waals surface area contributed by atoms with Crippen LogP contribution in [-0.4, -0.2) is 42.0 Å². The maximum absolute atomic E-state index is 13.2. The smallest absolute Gasteiger partial charge is 0.123 e. The fourth-order valence-electron chi connectivity index (χ4n) is 5.71. The second-order valence-electron chi connectivity index (χ2n) is 9.31. The summed E-state index contributed by atoms with van der Waals surface area (Å²) in [6.45, 7) is 7.98. The summed E-state index contributed by atoms with van der Waals surface area (Å²) in [6, 6.07) is 16.6. The van der Waals surface area contributed by atoms with E-state index in [0.29, 0.717) is 6.04 Å². The normalized spacial score (nSPS) is 26.7. The van der Waals surface area contributed by atoms with E-state index in [1.165, 1.54) is 49.0 Å². The van der Waals surface area contributed by atoms with Crippen molar-refractivity contribution in [1.82, 2.24) is 9.80 Å². The molecule has 5 rings (SSSR count). The van der Waals surface area contributed by atoms with Crippen LogP contribution in [0.3, 0.4) is 0 Å². The standard InChI is InChI=1S/C26H31FN2/c1-20-11-15-28(18-21-6-8-23(27)9-7-21)19-25(20)29-16-13-26(14-17-29)12-10-22-4-2-3-5-24(22)26/h2-10,12,20,25H,11,13-19H2,1H3/t20-,25-/m1/s1/i27-1. The average Bonchev–Trinajstić information content (AvgIpc) is 3.10. The molecule has 0 bridgehead atoms. The van der Waals surface area contributed by atoms with E-state index in [1.807, 2.05) is 12.1 Å². The molecule has 2 heterocycles. The van der Waals surface area contributed by atoms with E-state index in [4.69, 9.17) is 0 Å². The predicted molar refractivity (Wildman–Crippen MR) is 117 cm³/mol. The minimum atomic E-state index is -0.149. The van der Waals surface area contributed by atoms with Gasteiger partial charge in [0.1, 0.15) is 5.82 Å². The first-order valence-electron chi connectivity index (χ1n) is 11.1. The molecule has 2 fully saturated rings. The van der Waals surface area contributed by atoms with Crippen molar-refractivity contribution in [1.29, 1.82) is 0 Å². The van der Waals surface area contributed by atoms with Gasteiger partial charge in [-0.1, -0.05) is 55.5 Å². The molecular weight excluding hydrogens is 358 g/mol. The van der Waals surface area contributed by atoms with Gasteiger partial charge in [0, 0.05) is 24.5 Å². The molecule has 29 heavy (non-hydrogen) atoms. The number of benzene rings is 2. The maximum atomic E-state index is 13.2. The fraction of sp³-hybridized carbons (Fsp3) is 0.462. The van der Waals surface area contributed by atoms with Crippen LogP contribution in [-0.2, 0) is 12.0 Å². The molecule has 1 aliphatic carbocycles. The van der Waals surface area contributed by atoms with Crippen LogP contribution >= 0.6 is 0 Å². The van der Waals surface area contributed by atoms with Crippen molar-refractivity contribution in [3.63, 3.8) is 0 Å². The van der Waals surface area contributed by atoms with Crippen LogP contribution < -0.4 is 0 Å². The van der Waals surface area contributed by atoms with Crippen molar-refractivity contribution in [2.24, 2.45) is 5.92 Å². The Morgan fingerprint density at radius 1 is 1.00 bits per heavy atom. The van der Waals surface area contributed by atoms with Crippen molar-refractivity contribution in [2.45, 2.75) is 44.2 Å². The number of halogens is 1. The van der Waals surface area contributed by atoms with Gasteiger partial charge in [-0.25, -0.2) is 4.39 Å². The minimum Gasteiger partial charge on any atom is -0.299 e. The van der Waals surface area contributed by atoms with Crippen molar-refractivity contribution >= 4 is 6.08 Å². The molecule has 2 atom stereocenters. The van der Waals surface area contributed by atoms with E-state index < -0.39 is 0 Å². The number of hydrogen-bond acceptors (Lipinski definition) is 2. The number of fused-ring (bicyclic) bond motifs is 2. The first-order chi connectivity index (χ1) is 14.1. The molecule has 0 N–H and O–H groups in total. The average molecular weight is 390 g/mol. The summed E-state index contributed by atoms with van der Waals surface area (Å²) in [5.41, 5.74) is 4.43. The molecule has 2 nitrogen and oxygen atoms in total. The van der Waals surface area contributed by atoms with Crippen LogP contribution in [0.15, 0.2) is 54.6 Å². The van der Waals surface area contributed by atoms with Crippen LogP contribution in [0.5, 0.6) is 0 Å². The van der Waals surface area contributed by atoms with E-state index in [0.717, 1.165) is 25.6 Å². The monoisotopic (exact) mass is 389 g/mol. The van der Waals surface area contributed by atoms with Gasteiger partial charge in [-0.3, -0.25) is 9.80 Å². The Labute approximate surface area is 174 Å². The quantitative estimate of drug-likeness (QED) is 0.721. The van der Waals surface area contributed by atoms with Gasteiger partial charge in [0.25, 0.3) is 0 Å². The Morgan fingerprint density at radius 3 is 2.55 bits per heavy atom. The molecule has 0 amide bonds. The van der Waals surface area contributed by atoms with Gasteiger partial charge in [-0.05, 0) is 73.6 Å². The van der Waals surface area contributed by atoms with Gasteiger partial charge in [-0.2, -0.15) is 0 Å². The van der Waals surface area contributed by atoms with Crippen LogP contribution in [0.1, 0.15) is 42.9 Å². The van der Waals surface area contributed by atoms with Gasteiger partial charge >= 0.3 is 0 Å². The number of rotatable bonds is 3. The van der Waals surface area contributed by atoms with Gasteiger partial charge < -0.3 is 0 Å². The van der Waals surface area contributed by atoms with E-state index in [9.17, 15) is 4.39 Å². The van der Waals surface area contributed by atoms with Crippen LogP contribution in [0.25, 0.3) is 6.08 Å². The van der Waals surface area contributed by atoms with Gasteiger partial charge in [0.15, 0.2) is 0 Å². The molecular formula is C26H31FN2. The topological polar surface area (TPSA) is 6.48 Å². The number of hydrogen-bond donors (Lipinski definition) is 0. The molecule has 2 aliphatic heterocycles. The second kappa shape index (κ2) is 7.70. The number of nitrogens with zero attached hydrogens (tertiary/aromatic N) is 2. The summed E-state index contributed by atoms with van der Waals surface area (Å²) >= 11 is 0. The highest BCUT2D eigenvalue weighted by Crippen LogP contribution is 2.44. The lowest BCUT2D eigenvalue weighted by atomic mass is 9.74. The molecule has 1 spiro atoms. The third kappa shape index (κ3) is 3.67. The molecule has 2 aromatic carbocycles. The van der Waals surface area contributed by atoms with Crippen molar-refractivity contribution in [3.05, 3.63) is 77.1 Å². The zero-order valence-corrected chi connectivity index (χ0v) is 17.4. The SMILES string of the molecule is C[C@@H]1CCN(Cc2ccc([18F])cc2)C[C@H]1N1CCC2(C=Cc3ccccc32)CC1. The zero-order chi connectivity index (χ0) is 19.8. The summed E-state index contributed by atoms with van der Waals surface area (Å²) in [5, 5.41) is 0. The van der Waals surface area contributed by atoms with Gasteiger partial charge in [0.05, 0.1) is 0 Å². The Kier molecular flexibility index (Phi) is 5.05. The molecule has 0 saturated carbocycles. The number of allylic oxidation sites excluding steroid dienone is 1. The first-order valence-corrected chi connectivity index (χ1v) is 11.1. The summed E-state index contributed by atoms with van der Waals surface area (Å²) < 4.78 is 13.2. The number of likely N-dealkylation sites (tertiary alicyclic amines) is 2. The Balaban J connectivity index is 1.24. The molecule has 3 aliphatic rings. The summed E-state index contributed by atoms with van der Waals surface area (Å²) in [7, 11) is 0. The van der Waals surface area contributed by atoms with Crippen LogP contribution in [0, 0.1) is 11.7 Å². The van der Waals surface area contributed by atoms with Crippen molar-refractivity contribution in [2.75, 3.05) is 26.2 Å². The molecule has 0 aromatic heterocycles. The molecule has 3 heteroatoms. The predicted octanol–water partition coefficient (Wildman–Crippen LogP) is 5.10. The lowest BCUT2D eigenvalue weighted by molar-refractivity contribution is 0.0337. The van der Waals surface area contributed by atoms with Gasteiger partial charge in [-0.15, -0.1) is 0 Å². The third-order valence-corrected chi connectivity index (χ3v) is 7.56. The van der Waals surface area contributed by atoms with E-state index >= 15 is 0 Å². The minimum absolute atomic E-state index is 0.149. The lowest BCUT2D eigenvalue weighted by Gasteiger charge is -2.48. The fourth-order valence-corrected chi connectivity index (χ4v) is 5.71. The Hall–Kier alpha value is -1.97. The zero-order valence-electron chi connectivity index (χ0n) is 17.4. The summed E-state index contributed by atoms with van der Waals surface area (Å²) in [6.07, 6.45) is 8.50. The highest BCUT2D eigenvalue weighted by atomic mass is 18.2. The van der Waals surface area contributed by atoms with Crippen molar-refractivity contribution in [3.8, 4) is 0 Å². The highest BCUT2D eigenvalue weighted by Gasteiger charge is 2.41. The van der Waals surface area contributed by atoms with E-state index in [2.05, 4.69) is 53.1 Å². The van der Waals surface area contributed by atoms with Gasteiger partial charge in [0.2, 0.25) is 0 Å². The van der Waals surface area contributed by atoms with E-state index in [-0.39, 0.29) is 11.2 Å². The van der Waals surface area contributed by atoms with Crippen LogP contribution in [0.2, 0.25) is 0 Å². The Morgan fingerprint density at radius 2 is 1.76 bits per heavy atom. The lowest BCUT2D eigenvalue weighted by Crippen LogP contribution is -2.55. The highest BCUT2D eigenvalue weighted by molar-refractivity contribution is 5.65. The Bertz CT molecular complexity index is 880. The van der Waals surface area contributed by atoms with E-state index in [1.54, 1.807) is 12.1 Å². The summed E-state index contributed by atoms with van der Waals surface area (Å²) in [5.74, 6) is 0.587. The largest absolute Gasteiger partial charge is 0.299 e. The summed E-state index contributed by atoms with van der Waals surface area (Å²) in [4.78, 5) is 5.31. The molecule has 2 saturated heterocycles. The molecule has 0 radical (unpaired) electrons. The maximum Gasteiger partial charge on any atom is 0.123 e. The van der Waals surface area contributed by atoms with Crippen LogP contribution in [0.4, 0.5) is 4.39 Å².